The third-order valence-electron chi connectivity index (χ3n) is 2.99. The van der Waals surface area contributed by atoms with Crippen molar-refractivity contribution >= 4 is 5.91 Å². The third kappa shape index (κ3) is 4.10. The Labute approximate surface area is 121 Å². The van der Waals surface area contributed by atoms with Gasteiger partial charge in [0.05, 0.1) is 6.54 Å². The lowest BCUT2D eigenvalue weighted by Crippen LogP contribution is -2.38. The summed E-state index contributed by atoms with van der Waals surface area (Å²) in [5.74, 6) is -3.90. The van der Waals surface area contributed by atoms with Gasteiger partial charge in [-0.25, -0.2) is 8.78 Å². The van der Waals surface area contributed by atoms with Crippen LogP contribution in [0.25, 0.3) is 11.1 Å². The average molecular weight is 291 g/mol. The standard InChI is InChI=1S/C16H15F2NO2/c17-16(18,11-20)10-19-15(21)14-8-6-13(7-9-14)12-4-2-1-3-5-12/h1-9,20H,10-11H2,(H,19,21). The lowest BCUT2D eigenvalue weighted by molar-refractivity contribution is -0.0462. The summed E-state index contributed by atoms with van der Waals surface area (Å²) in [6, 6.07) is 16.3. The largest absolute Gasteiger partial charge is 0.390 e. The predicted molar refractivity (Wildman–Crippen MR) is 76.2 cm³/mol. The van der Waals surface area contributed by atoms with Crippen LogP contribution in [-0.2, 0) is 0 Å². The van der Waals surface area contributed by atoms with E-state index < -0.39 is 25.0 Å². The van der Waals surface area contributed by atoms with Gasteiger partial charge in [0, 0.05) is 5.56 Å². The van der Waals surface area contributed by atoms with Gasteiger partial charge in [0.25, 0.3) is 11.8 Å². The number of aliphatic hydroxyl groups is 1. The highest BCUT2D eigenvalue weighted by molar-refractivity contribution is 5.94. The van der Waals surface area contributed by atoms with E-state index in [9.17, 15) is 13.6 Å². The van der Waals surface area contributed by atoms with E-state index in [2.05, 4.69) is 5.32 Å². The van der Waals surface area contributed by atoms with Crippen LogP contribution in [-0.4, -0.2) is 30.1 Å². The molecule has 2 rings (SSSR count). The Bertz CT molecular complexity index is 597. The topological polar surface area (TPSA) is 49.3 Å². The molecule has 0 spiro atoms. The molecule has 0 radical (unpaired) electrons. The molecule has 0 aliphatic carbocycles. The van der Waals surface area contributed by atoms with Crippen LogP contribution in [0.5, 0.6) is 0 Å². The van der Waals surface area contributed by atoms with Gasteiger partial charge in [0.2, 0.25) is 0 Å². The smallest absolute Gasteiger partial charge is 0.287 e. The second kappa shape index (κ2) is 6.45. The first-order chi connectivity index (χ1) is 10.0. The van der Waals surface area contributed by atoms with Crippen LogP contribution in [0.2, 0.25) is 0 Å². The molecular weight excluding hydrogens is 276 g/mol. The van der Waals surface area contributed by atoms with E-state index in [1.807, 2.05) is 30.3 Å². The molecule has 0 heterocycles. The van der Waals surface area contributed by atoms with Crippen LogP contribution in [0.1, 0.15) is 10.4 Å². The summed E-state index contributed by atoms with van der Waals surface area (Å²) in [4.78, 5) is 11.7. The van der Waals surface area contributed by atoms with E-state index in [0.29, 0.717) is 5.56 Å². The van der Waals surface area contributed by atoms with Crippen LogP contribution in [0.3, 0.4) is 0 Å². The number of hydrogen-bond donors (Lipinski definition) is 2. The molecule has 0 aliphatic heterocycles. The van der Waals surface area contributed by atoms with Gasteiger partial charge in [-0.15, -0.1) is 0 Å². The zero-order valence-corrected chi connectivity index (χ0v) is 11.2. The van der Waals surface area contributed by atoms with Crippen LogP contribution < -0.4 is 5.32 Å². The number of amides is 1. The van der Waals surface area contributed by atoms with Crippen LogP contribution in [0.15, 0.2) is 54.6 Å². The van der Waals surface area contributed by atoms with Crippen molar-refractivity contribution in [2.75, 3.05) is 13.2 Å². The molecule has 0 saturated carbocycles. The number of halogens is 2. The molecule has 3 nitrogen and oxygen atoms in total. The average Bonchev–Trinajstić information content (AvgIpc) is 2.54. The second-order valence-corrected chi connectivity index (χ2v) is 4.64. The van der Waals surface area contributed by atoms with Crippen molar-refractivity contribution in [3.63, 3.8) is 0 Å². The van der Waals surface area contributed by atoms with Gasteiger partial charge < -0.3 is 10.4 Å². The second-order valence-electron chi connectivity index (χ2n) is 4.64. The summed E-state index contributed by atoms with van der Waals surface area (Å²) in [5.41, 5.74) is 2.24. The van der Waals surface area contributed by atoms with Crippen molar-refractivity contribution in [2.45, 2.75) is 5.92 Å². The van der Waals surface area contributed by atoms with Crippen LogP contribution in [0.4, 0.5) is 8.78 Å². The highest BCUT2D eigenvalue weighted by atomic mass is 19.3. The Morgan fingerprint density at radius 3 is 2.14 bits per heavy atom. The Hall–Kier alpha value is -2.27. The Kier molecular flexibility index (Phi) is 4.65. The van der Waals surface area contributed by atoms with Crippen molar-refractivity contribution in [3.8, 4) is 11.1 Å². The van der Waals surface area contributed by atoms with Gasteiger partial charge in [0.15, 0.2) is 0 Å². The van der Waals surface area contributed by atoms with Crippen molar-refractivity contribution in [1.82, 2.24) is 5.32 Å². The predicted octanol–water partition coefficient (Wildman–Crippen LogP) is 2.71. The number of rotatable bonds is 5. The van der Waals surface area contributed by atoms with E-state index in [1.165, 1.54) is 0 Å². The highest BCUT2D eigenvalue weighted by Crippen LogP contribution is 2.19. The molecular formula is C16H15F2NO2. The lowest BCUT2D eigenvalue weighted by Gasteiger charge is -2.14. The number of alkyl halides is 2. The molecule has 5 heteroatoms. The monoisotopic (exact) mass is 291 g/mol. The summed E-state index contributed by atoms with van der Waals surface area (Å²) < 4.78 is 25.7. The summed E-state index contributed by atoms with van der Waals surface area (Å²) in [6.07, 6.45) is 0. The normalized spacial score (nSPS) is 11.2. The number of hydrogen-bond acceptors (Lipinski definition) is 2. The minimum atomic E-state index is -3.31. The fourth-order valence-electron chi connectivity index (χ4n) is 1.81. The maximum Gasteiger partial charge on any atom is 0.287 e. The summed E-state index contributed by atoms with van der Waals surface area (Å²) >= 11 is 0. The van der Waals surface area contributed by atoms with Crippen molar-refractivity contribution in [1.29, 1.82) is 0 Å². The van der Waals surface area contributed by atoms with Crippen molar-refractivity contribution < 1.29 is 18.7 Å². The van der Waals surface area contributed by atoms with Crippen LogP contribution in [0, 0.1) is 0 Å². The summed E-state index contributed by atoms with van der Waals surface area (Å²) in [6.45, 7) is -2.18. The van der Waals surface area contributed by atoms with Gasteiger partial charge in [-0.3, -0.25) is 4.79 Å². The Balaban J connectivity index is 2.04. The zero-order chi connectivity index (χ0) is 15.3. The molecule has 2 aromatic rings. The quantitative estimate of drug-likeness (QED) is 0.890. The van der Waals surface area contributed by atoms with E-state index >= 15 is 0 Å². The van der Waals surface area contributed by atoms with Crippen molar-refractivity contribution in [3.05, 3.63) is 60.2 Å². The van der Waals surface area contributed by atoms with Gasteiger partial charge >= 0.3 is 0 Å². The fraction of sp³-hybridized carbons (Fsp3) is 0.188. The van der Waals surface area contributed by atoms with E-state index in [0.717, 1.165) is 11.1 Å². The Morgan fingerprint density at radius 1 is 1.00 bits per heavy atom. The van der Waals surface area contributed by atoms with Gasteiger partial charge in [-0.05, 0) is 23.3 Å². The minimum Gasteiger partial charge on any atom is -0.390 e. The molecule has 0 bridgehead atoms. The third-order valence-corrected chi connectivity index (χ3v) is 2.99. The first-order valence-corrected chi connectivity index (χ1v) is 6.44. The molecule has 0 fully saturated rings. The molecule has 1 amide bonds. The number of carbonyl (C=O) groups excluding carboxylic acids is 1. The molecule has 2 aromatic carbocycles. The number of nitrogens with one attached hydrogen (secondary N) is 1. The maximum atomic E-state index is 12.8. The van der Waals surface area contributed by atoms with E-state index in [1.54, 1.807) is 24.3 Å². The zero-order valence-electron chi connectivity index (χ0n) is 11.2. The minimum absolute atomic E-state index is 0.295. The van der Waals surface area contributed by atoms with Gasteiger partial charge in [-0.1, -0.05) is 42.5 Å². The molecule has 0 unspecified atom stereocenters. The molecule has 0 saturated heterocycles. The fourth-order valence-corrected chi connectivity index (χ4v) is 1.81. The molecule has 0 aliphatic rings. The first kappa shape index (κ1) is 15.1. The maximum absolute atomic E-state index is 12.8. The van der Waals surface area contributed by atoms with Crippen LogP contribution >= 0.6 is 0 Å². The Morgan fingerprint density at radius 2 is 1.57 bits per heavy atom. The van der Waals surface area contributed by atoms with Gasteiger partial charge in [-0.2, -0.15) is 0 Å². The van der Waals surface area contributed by atoms with Crippen molar-refractivity contribution in [2.24, 2.45) is 0 Å². The summed E-state index contributed by atoms with van der Waals surface area (Å²) in [5, 5.41) is 10.5. The molecule has 0 atom stereocenters. The molecule has 110 valence electrons. The SMILES string of the molecule is O=C(NCC(F)(F)CO)c1ccc(-c2ccccc2)cc1. The van der Waals surface area contributed by atoms with E-state index in [-0.39, 0.29) is 0 Å². The van der Waals surface area contributed by atoms with Gasteiger partial charge in [0.1, 0.15) is 6.61 Å². The lowest BCUT2D eigenvalue weighted by atomic mass is 10.0. The molecule has 21 heavy (non-hydrogen) atoms. The highest BCUT2D eigenvalue weighted by Gasteiger charge is 2.28. The molecule has 2 N–H and O–H groups in total. The number of carbonyl (C=O) groups is 1. The molecule has 0 aromatic heterocycles. The number of aliphatic hydroxyl groups excluding tert-OH is 1. The summed E-state index contributed by atoms with van der Waals surface area (Å²) in [7, 11) is 0. The van der Waals surface area contributed by atoms with E-state index in [4.69, 9.17) is 5.11 Å². The first-order valence-electron chi connectivity index (χ1n) is 6.44. The number of benzene rings is 2.